The molecule has 0 aromatic heterocycles. The number of carbonyl (C=O) groups is 1. The predicted octanol–water partition coefficient (Wildman–Crippen LogP) is 5.54. The molecule has 5 fully saturated rings. The Balaban J connectivity index is 1.19. The van der Waals surface area contributed by atoms with Crippen molar-refractivity contribution in [2.75, 3.05) is 6.61 Å². The van der Waals surface area contributed by atoms with Crippen molar-refractivity contribution < 1.29 is 22.7 Å². The van der Waals surface area contributed by atoms with Crippen molar-refractivity contribution in [3.63, 3.8) is 0 Å². The topological polar surface area (TPSA) is 72.9 Å². The van der Waals surface area contributed by atoms with Gasteiger partial charge in [-0.3, -0.25) is 4.90 Å². The van der Waals surface area contributed by atoms with Gasteiger partial charge < -0.3 is 9.47 Å². The van der Waals surface area contributed by atoms with E-state index in [4.69, 9.17) is 20.2 Å². The molecule has 5 aliphatic rings. The van der Waals surface area contributed by atoms with Crippen molar-refractivity contribution in [2.24, 2.45) is 17.8 Å². The summed E-state index contributed by atoms with van der Waals surface area (Å²) in [4.78, 5) is 14.6. The van der Waals surface area contributed by atoms with E-state index in [1.807, 2.05) is 0 Å². The van der Waals surface area contributed by atoms with Gasteiger partial charge in [-0.05, 0) is 95.0 Å². The van der Waals surface area contributed by atoms with Crippen molar-refractivity contribution in [3.05, 3.63) is 11.0 Å². The van der Waals surface area contributed by atoms with Gasteiger partial charge in [-0.25, -0.2) is 13.2 Å². The predicted molar refractivity (Wildman–Crippen MR) is 136 cm³/mol. The van der Waals surface area contributed by atoms with Crippen LogP contribution in [0.5, 0.6) is 0 Å². The van der Waals surface area contributed by atoms with Gasteiger partial charge in [-0.2, -0.15) is 0 Å². The first kappa shape index (κ1) is 26.0. The summed E-state index contributed by atoms with van der Waals surface area (Å²) in [6.45, 7) is 1.74. The lowest BCUT2D eigenvalue weighted by molar-refractivity contribution is -0.137. The maximum atomic E-state index is 12.1. The Hall–Kier alpha value is -0.630. The van der Waals surface area contributed by atoms with Crippen LogP contribution in [-0.4, -0.2) is 56.2 Å². The molecule has 0 N–H and O–H groups in total. The molecule has 198 valence electrons. The summed E-state index contributed by atoms with van der Waals surface area (Å²) < 4.78 is 35.0. The zero-order valence-electron chi connectivity index (χ0n) is 21.1. The van der Waals surface area contributed by atoms with Crippen LogP contribution in [0.25, 0.3) is 0 Å². The van der Waals surface area contributed by atoms with Crippen LogP contribution in [0.3, 0.4) is 0 Å². The largest absolute Gasteiger partial charge is 0.462 e. The Kier molecular flexibility index (Phi) is 8.17. The molecule has 3 saturated carbocycles. The standard InChI is InChI=1S/C27H42ClNO5S/c1-2-33-27(30)26(35(28,31)32)17-20-15-16-25(34-20)18-11-13-19(14-12-18)29-23-9-5-3-7-21(23)22-8-4-6-10-24(22)29/h17-25H,2-16H2,1H3/b26-17+. The molecule has 2 aliphatic heterocycles. The van der Waals surface area contributed by atoms with E-state index in [9.17, 15) is 13.2 Å². The smallest absolute Gasteiger partial charge is 0.350 e. The van der Waals surface area contributed by atoms with E-state index < -0.39 is 26.0 Å². The van der Waals surface area contributed by atoms with Crippen LogP contribution < -0.4 is 0 Å². The Labute approximate surface area is 215 Å². The normalized spacial score (nSPS) is 40.8. The second-order valence-electron chi connectivity index (χ2n) is 11.5. The highest BCUT2D eigenvalue weighted by Crippen LogP contribution is 2.51. The highest BCUT2D eigenvalue weighted by atomic mass is 35.7. The van der Waals surface area contributed by atoms with Gasteiger partial charge in [-0.1, -0.05) is 25.7 Å². The molecule has 0 spiro atoms. The molecule has 2 saturated heterocycles. The van der Waals surface area contributed by atoms with Gasteiger partial charge >= 0.3 is 5.97 Å². The lowest BCUT2D eigenvalue weighted by Gasteiger charge is -2.44. The van der Waals surface area contributed by atoms with E-state index in [2.05, 4.69) is 4.90 Å². The monoisotopic (exact) mass is 527 g/mol. The van der Waals surface area contributed by atoms with Crippen molar-refractivity contribution in [3.8, 4) is 0 Å². The van der Waals surface area contributed by atoms with Gasteiger partial charge in [0.1, 0.15) is 0 Å². The lowest BCUT2D eigenvalue weighted by atomic mass is 9.73. The average Bonchev–Trinajstić information content (AvgIpc) is 3.45. The zero-order valence-corrected chi connectivity index (χ0v) is 22.6. The molecule has 8 heteroatoms. The van der Waals surface area contributed by atoms with E-state index in [1.165, 1.54) is 83.1 Å². The van der Waals surface area contributed by atoms with Crippen molar-refractivity contribution in [1.29, 1.82) is 0 Å². The summed E-state index contributed by atoms with van der Waals surface area (Å²) in [5.41, 5.74) is 0. The number of hydrogen-bond donors (Lipinski definition) is 0. The molecule has 3 aliphatic carbocycles. The molecule has 0 amide bonds. The first-order chi connectivity index (χ1) is 16.9. The third-order valence-electron chi connectivity index (χ3n) is 9.73. The van der Waals surface area contributed by atoms with Gasteiger partial charge in [0.2, 0.25) is 0 Å². The van der Waals surface area contributed by atoms with Crippen molar-refractivity contribution in [2.45, 2.75) is 127 Å². The van der Waals surface area contributed by atoms with Crippen LogP contribution in [0.15, 0.2) is 11.0 Å². The number of halogens is 1. The molecule has 6 unspecified atom stereocenters. The Morgan fingerprint density at radius 3 is 2.09 bits per heavy atom. The minimum atomic E-state index is -4.18. The van der Waals surface area contributed by atoms with Gasteiger partial charge in [0.15, 0.2) is 4.91 Å². The number of carbonyl (C=O) groups excluding carboxylic acids is 1. The fourth-order valence-corrected chi connectivity index (χ4v) is 9.27. The lowest BCUT2D eigenvalue weighted by Crippen LogP contribution is -2.48. The number of likely N-dealkylation sites (tertiary alicyclic amines) is 1. The second kappa shape index (κ2) is 11.0. The van der Waals surface area contributed by atoms with Crippen LogP contribution in [0, 0.1) is 17.8 Å². The fraction of sp³-hybridized carbons (Fsp3) is 0.889. The number of fused-ring (bicyclic) bond motifs is 3. The highest BCUT2D eigenvalue weighted by Gasteiger charge is 2.52. The number of rotatable bonds is 6. The molecule has 0 aromatic carbocycles. The maximum Gasteiger partial charge on any atom is 0.350 e. The summed E-state index contributed by atoms with van der Waals surface area (Å²) in [5.74, 6) is 1.51. The Bertz CT molecular complexity index is 877. The Morgan fingerprint density at radius 2 is 1.51 bits per heavy atom. The highest BCUT2D eigenvalue weighted by molar-refractivity contribution is 8.17. The first-order valence-corrected chi connectivity index (χ1v) is 16.4. The van der Waals surface area contributed by atoms with E-state index >= 15 is 0 Å². The van der Waals surface area contributed by atoms with Crippen LogP contribution in [0.1, 0.15) is 96.8 Å². The first-order valence-electron chi connectivity index (χ1n) is 14.1. The third-order valence-corrected chi connectivity index (χ3v) is 11.1. The molecule has 6 nitrogen and oxygen atoms in total. The molecular weight excluding hydrogens is 486 g/mol. The number of nitrogens with zero attached hydrogens (tertiary/aromatic N) is 1. The van der Waals surface area contributed by atoms with E-state index in [0.29, 0.717) is 12.3 Å². The van der Waals surface area contributed by atoms with Crippen LogP contribution >= 0.6 is 10.7 Å². The third kappa shape index (κ3) is 5.49. The Morgan fingerprint density at radius 1 is 0.914 bits per heavy atom. The number of esters is 1. The second-order valence-corrected chi connectivity index (χ2v) is 14.1. The summed E-state index contributed by atoms with van der Waals surface area (Å²) >= 11 is 0. The minimum Gasteiger partial charge on any atom is -0.462 e. The fourth-order valence-electron chi connectivity index (χ4n) is 8.36. The van der Waals surface area contributed by atoms with Crippen LogP contribution in [0.2, 0.25) is 0 Å². The van der Waals surface area contributed by atoms with Gasteiger partial charge in [0.05, 0.1) is 18.8 Å². The van der Waals surface area contributed by atoms with Crippen LogP contribution in [-0.2, 0) is 23.3 Å². The summed E-state index contributed by atoms with van der Waals surface area (Å²) in [5, 5.41) is 0. The molecule has 0 aromatic rings. The molecule has 0 radical (unpaired) electrons. The molecule has 35 heavy (non-hydrogen) atoms. The number of hydrogen-bond acceptors (Lipinski definition) is 6. The van der Waals surface area contributed by atoms with E-state index in [0.717, 1.165) is 36.4 Å². The van der Waals surface area contributed by atoms with Crippen LogP contribution in [0.4, 0.5) is 0 Å². The minimum absolute atomic E-state index is 0.0974. The maximum absolute atomic E-state index is 12.1. The summed E-state index contributed by atoms with van der Waals surface area (Å²) in [6, 6.07) is 2.38. The van der Waals surface area contributed by atoms with Crippen molar-refractivity contribution >= 4 is 25.7 Å². The zero-order chi connectivity index (χ0) is 24.6. The van der Waals surface area contributed by atoms with Gasteiger partial charge in [0, 0.05) is 28.8 Å². The van der Waals surface area contributed by atoms with Gasteiger partial charge in [-0.15, -0.1) is 0 Å². The van der Waals surface area contributed by atoms with E-state index in [-0.39, 0.29) is 12.7 Å². The molecule has 6 atom stereocenters. The molecule has 5 rings (SSSR count). The number of ether oxygens (including phenoxy) is 2. The van der Waals surface area contributed by atoms with E-state index in [1.54, 1.807) is 6.92 Å². The average molecular weight is 528 g/mol. The SMILES string of the molecule is CCOC(=O)/C(=C\C1CCC(C2CCC(N3C4CCCCC4C4CCCCC43)CC2)O1)S(=O)(=O)Cl. The molecule has 2 heterocycles. The molecular formula is C27H42ClNO5S. The summed E-state index contributed by atoms with van der Waals surface area (Å²) in [7, 11) is 1.33. The van der Waals surface area contributed by atoms with Crippen molar-refractivity contribution in [1.82, 2.24) is 4.90 Å². The summed E-state index contributed by atoms with van der Waals surface area (Å²) in [6.07, 6.45) is 18.9. The quantitative estimate of drug-likeness (QED) is 0.256. The van der Waals surface area contributed by atoms with Gasteiger partial charge in [0.25, 0.3) is 9.05 Å². The molecule has 0 bridgehead atoms.